The third-order valence-corrected chi connectivity index (χ3v) is 18.2. The topological polar surface area (TPSA) is 307 Å². The first kappa shape index (κ1) is 90.1. The number of carbonyl (C=O) groups excluding carboxylic acids is 1. The minimum Gasteiger partial charge on any atom is -0.394 e. The number of carbonyl (C=O) groups is 1. The molecule has 1 amide bonds. The second-order valence-electron chi connectivity index (χ2n) is 26.7. The van der Waals surface area contributed by atoms with E-state index in [-0.39, 0.29) is 18.9 Å². The molecule has 19 nitrogen and oxygen atoms in total. The normalized spacial score (nSPS) is 27.2. The smallest absolute Gasteiger partial charge is 0.220 e. The fourth-order valence-corrected chi connectivity index (χ4v) is 12.0. The molecule has 17 unspecified atom stereocenters. The van der Waals surface area contributed by atoms with Crippen molar-refractivity contribution in [3.05, 3.63) is 134 Å². The highest BCUT2D eigenvalue weighted by Gasteiger charge is 2.53. The summed E-state index contributed by atoms with van der Waals surface area (Å²) in [6.45, 7) is 1.59. The van der Waals surface area contributed by atoms with E-state index in [9.17, 15) is 61.0 Å². The van der Waals surface area contributed by atoms with Gasteiger partial charge < -0.3 is 89.9 Å². The zero-order valence-electron chi connectivity index (χ0n) is 60.9. The third kappa shape index (κ3) is 40.3. The number of amides is 1. The van der Waals surface area contributed by atoms with Crippen molar-refractivity contribution in [3.8, 4) is 0 Å². The first-order chi connectivity index (χ1) is 48.8. The molecule has 3 aliphatic rings. The number of ether oxygens (including phenoxy) is 6. The van der Waals surface area contributed by atoms with Gasteiger partial charge in [0.15, 0.2) is 18.9 Å². The SMILES string of the molecule is CC/C=C\C/C=C\C/C=C\C/C=C\C/C=C\C/C=C\C/C=C\C/C=C\C/C=C\C/C=C\CCCCC(=O)NC(COC1OC(CO)C(OC2OC(CO)C(OC3OC(CO)C(O)C(O)C3O)C(O)C2O)C(O)C1O)C(O)/C=C/CCCCCCCCCCCCCCCCCCCCCC. The van der Waals surface area contributed by atoms with E-state index >= 15 is 0 Å². The van der Waals surface area contributed by atoms with Gasteiger partial charge in [0.05, 0.1) is 38.6 Å². The second-order valence-corrected chi connectivity index (χ2v) is 26.7. The zero-order valence-corrected chi connectivity index (χ0v) is 60.9. The number of aliphatic hydroxyl groups is 11. The summed E-state index contributed by atoms with van der Waals surface area (Å²) in [5.74, 6) is -0.322. The molecule has 0 aromatic rings. The molecule has 100 heavy (non-hydrogen) atoms. The molecule has 19 heteroatoms. The van der Waals surface area contributed by atoms with E-state index in [4.69, 9.17) is 28.4 Å². The fourth-order valence-electron chi connectivity index (χ4n) is 12.0. The Morgan fingerprint density at radius 3 is 1.08 bits per heavy atom. The summed E-state index contributed by atoms with van der Waals surface area (Å²) >= 11 is 0. The van der Waals surface area contributed by atoms with Crippen LogP contribution < -0.4 is 5.32 Å². The van der Waals surface area contributed by atoms with E-state index in [2.05, 4.69) is 141 Å². The first-order valence-corrected chi connectivity index (χ1v) is 38.4. The van der Waals surface area contributed by atoms with Gasteiger partial charge in [0.2, 0.25) is 5.91 Å². The standard InChI is InChI=1S/C81H135NO18/c1-3-5-7-9-11-13-15-17-19-21-23-25-27-28-29-30-31-32-33-34-35-36-37-39-41-43-45-47-49-51-53-55-57-59-69(87)82-64(65(86)58-56-54-52-50-48-46-44-42-40-38-26-24-22-20-18-16-14-12-10-8-6-4-2)63-95-79-75(93)72(90)77(67(61-84)97-79)100-81-76(94)73(91)78(68(62-85)98-81)99-80-74(92)71(89)70(88)66(60-83)96-80/h5,7,11,13,17,19,23,25,28-29,31-32,34-35,37,39,43,45,49,51,56,58,64-68,70-81,83-86,88-94H,3-4,6,8-10,12,14-16,18,20-22,24,26-27,30,33,36,38,40-42,44,46-48,50,52-55,57,59-63H2,1-2H3,(H,82,87)/b7-5-,13-11-,19-17-,25-23-,29-28-,32-31-,35-34-,39-37-,45-43-,51-49-,58-56+. The van der Waals surface area contributed by atoms with Crippen molar-refractivity contribution in [2.75, 3.05) is 26.4 Å². The van der Waals surface area contributed by atoms with Crippen molar-refractivity contribution in [2.45, 2.75) is 343 Å². The highest BCUT2D eigenvalue weighted by Crippen LogP contribution is 2.33. The van der Waals surface area contributed by atoms with Gasteiger partial charge in [-0.1, -0.05) is 270 Å². The second kappa shape index (κ2) is 60.2. The molecule has 3 aliphatic heterocycles. The Morgan fingerprint density at radius 1 is 0.370 bits per heavy atom. The Labute approximate surface area is 600 Å². The van der Waals surface area contributed by atoms with Gasteiger partial charge in [-0.25, -0.2) is 0 Å². The van der Waals surface area contributed by atoms with Crippen LogP contribution in [0, 0.1) is 0 Å². The number of allylic oxidation sites excluding steroid dienone is 21. The van der Waals surface area contributed by atoms with Gasteiger partial charge in [-0.3, -0.25) is 4.79 Å². The zero-order chi connectivity index (χ0) is 72.5. The van der Waals surface area contributed by atoms with Crippen LogP contribution in [0.3, 0.4) is 0 Å². The van der Waals surface area contributed by atoms with E-state index in [0.717, 1.165) is 103 Å². The summed E-state index contributed by atoms with van der Waals surface area (Å²) < 4.78 is 34.4. The number of rotatable bonds is 58. The van der Waals surface area contributed by atoms with Crippen molar-refractivity contribution >= 4 is 5.91 Å². The third-order valence-electron chi connectivity index (χ3n) is 18.2. The number of nitrogens with one attached hydrogen (secondary N) is 1. The van der Waals surface area contributed by atoms with E-state index in [1.165, 1.54) is 109 Å². The summed E-state index contributed by atoms with van der Waals surface area (Å²) in [4.78, 5) is 13.4. The Hall–Kier alpha value is -4.07. The van der Waals surface area contributed by atoms with Gasteiger partial charge in [0, 0.05) is 6.42 Å². The first-order valence-electron chi connectivity index (χ1n) is 38.4. The van der Waals surface area contributed by atoms with Crippen LogP contribution in [-0.2, 0) is 33.2 Å². The summed E-state index contributed by atoms with van der Waals surface area (Å²) in [5.41, 5.74) is 0. The van der Waals surface area contributed by atoms with Crippen molar-refractivity contribution in [1.29, 1.82) is 0 Å². The van der Waals surface area contributed by atoms with Crippen LogP contribution in [0.1, 0.15) is 239 Å². The maximum Gasteiger partial charge on any atom is 0.220 e. The van der Waals surface area contributed by atoms with Gasteiger partial charge in [0.25, 0.3) is 0 Å². The predicted octanol–water partition coefficient (Wildman–Crippen LogP) is 12.1. The van der Waals surface area contributed by atoms with Gasteiger partial charge in [0.1, 0.15) is 73.2 Å². The van der Waals surface area contributed by atoms with Gasteiger partial charge in [-0.15, -0.1) is 0 Å². The summed E-state index contributed by atoms with van der Waals surface area (Å²) in [6.07, 6.45) is 58.5. The number of hydrogen-bond acceptors (Lipinski definition) is 18. The fraction of sp³-hybridized carbons (Fsp3) is 0.716. The van der Waals surface area contributed by atoms with Crippen molar-refractivity contribution in [1.82, 2.24) is 5.32 Å². The molecule has 0 radical (unpaired) electrons. The van der Waals surface area contributed by atoms with Gasteiger partial charge in [-0.05, 0) is 96.3 Å². The van der Waals surface area contributed by atoms with Crippen LogP contribution in [0.5, 0.6) is 0 Å². The molecule has 3 rings (SSSR count). The lowest BCUT2D eigenvalue weighted by Gasteiger charge is -2.48. The van der Waals surface area contributed by atoms with E-state index in [0.29, 0.717) is 6.42 Å². The molecule has 0 aliphatic carbocycles. The quantitative estimate of drug-likeness (QED) is 0.0199. The Bertz CT molecular complexity index is 2330. The largest absolute Gasteiger partial charge is 0.394 e. The van der Waals surface area contributed by atoms with Crippen LogP contribution in [-0.4, -0.2) is 193 Å². The lowest BCUT2D eigenvalue weighted by Crippen LogP contribution is -2.66. The highest BCUT2D eigenvalue weighted by atomic mass is 16.8. The molecule has 3 fully saturated rings. The number of hydrogen-bond donors (Lipinski definition) is 12. The molecule has 572 valence electrons. The van der Waals surface area contributed by atoms with Crippen molar-refractivity contribution in [2.24, 2.45) is 0 Å². The average molecular weight is 1410 g/mol. The summed E-state index contributed by atoms with van der Waals surface area (Å²) in [6, 6.07) is -1.01. The molecule has 0 aromatic heterocycles. The summed E-state index contributed by atoms with van der Waals surface area (Å²) in [5, 5.41) is 121. The van der Waals surface area contributed by atoms with E-state index in [1.807, 2.05) is 6.08 Å². The van der Waals surface area contributed by atoms with Crippen molar-refractivity contribution < 1.29 is 89.4 Å². The molecule has 17 atom stereocenters. The number of aliphatic hydroxyl groups excluding tert-OH is 11. The number of unbranched alkanes of at least 4 members (excludes halogenated alkanes) is 22. The van der Waals surface area contributed by atoms with Gasteiger partial charge in [-0.2, -0.15) is 0 Å². The van der Waals surface area contributed by atoms with Gasteiger partial charge >= 0.3 is 0 Å². The molecule has 0 saturated carbocycles. The minimum absolute atomic E-state index is 0.179. The Balaban J connectivity index is 1.42. The molecular weight excluding hydrogens is 1270 g/mol. The maximum absolute atomic E-state index is 13.4. The van der Waals surface area contributed by atoms with Crippen LogP contribution in [0.4, 0.5) is 0 Å². The lowest BCUT2D eigenvalue weighted by molar-refractivity contribution is -0.379. The molecule has 12 N–H and O–H groups in total. The van der Waals surface area contributed by atoms with Crippen LogP contribution in [0.25, 0.3) is 0 Å². The van der Waals surface area contributed by atoms with Crippen LogP contribution >= 0.6 is 0 Å². The Kier molecular flexibility index (Phi) is 54.3. The molecule has 3 heterocycles. The molecule has 0 bridgehead atoms. The van der Waals surface area contributed by atoms with Crippen LogP contribution in [0.2, 0.25) is 0 Å². The maximum atomic E-state index is 13.4. The molecule has 0 aromatic carbocycles. The van der Waals surface area contributed by atoms with E-state index in [1.54, 1.807) is 6.08 Å². The minimum atomic E-state index is -1.99. The monoisotopic (exact) mass is 1410 g/mol. The lowest BCUT2D eigenvalue weighted by atomic mass is 9.96. The van der Waals surface area contributed by atoms with E-state index < -0.39 is 124 Å². The average Bonchev–Trinajstić information content (AvgIpc) is 0.783. The van der Waals surface area contributed by atoms with Crippen LogP contribution in [0.15, 0.2) is 134 Å². The molecular formula is C81H135NO18. The summed E-state index contributed by atoms with van der Waals surface area (Å²) in [7, 11) is 0. The Morgan fingerprint density at radius 2 is 0.690 bits per heavy atom. The van der Waals surface area contributed by atoms with Crippen molar-refractivity contribution in [3.63, 3.8) is 0 Å². The molecule has 3 saturated heterocycles. The predicted molar refractivity (Wildman–Crippen MR) is 396 cm³/mol. The highest BCUT2D eigenvalue weighted by molar-refractivity contribution is 5.76. The molecule has 0 spiro atoms.